The molecule has 6 aromatic carbocycles. The minimum atomic E-state index is -0.162. The maximum Gasteiger partial charge on any atom is 0.160 e. The third-order valence-corrected chi connectivity index (χ3v) is 8.66. The van der Waals surface area contributed by atoms with Crippen molar-refractivity contribution in [1.82, 2.24) is 9.97 Å². The lowest BCUT2D eigenvalue weighted by molar-refractivity contribution is 0.641. The lowest BCUT2D eigenvalue weighted by atomic mass is 9.77. The zero-order valence-electron chi connectivity index (χ0n) is 25.6. The second kappa shape index (κ2) is 12.2. The fourth-order valence-electron chi connectivity index (χ4n) is 5.86. The third-order valence-electron chi connectivity index (χ3n) is 8.66. The predicted octanol–water partition coefficient (Wildman–Crippen LogP) is 11.1. The zero-order valence-corrected chi connectivity index (χ0v) is 25.6. The van der Waals surface area contributed by atoms with Gasteiger partial charge in [-0.15, -0.1) is 0 Å². The molecule has 45 heavy (non-hydrogen) atoms. The Morgan fingerprint density at radius 3 is 1.09 bits per heavy atom. The molecular formula is C43H34N2. The van der Waals surface area contributed by atoms with Gasteiger partial charge in [-0.2, -0.15) is 0 Å². The van der Waals surface area contributed by atoms with Crippen LogP contribution in [0.2, 0.25) is 0 Å². The lowest BCUT2D eigenvalue weighted by Gasteiger charge is -2.26. The minimum absolute atomic E-state index is 0.162. The van der Waals surface area contributed by atoms with Crippen LogP contribution in [-0.2, 0) is 5.41 Å². The van der Waals surface area contributed by atoms with E-state index in [-0.39, 0.29) is 5.41 Å². The lowest BCUT2D eigenvalue weighted by Crippen LogP contribution is -2.18. The standard InChI is InChI=1S/C43H34N2/c1-43(2,38-26-22-34(23-27-38)33-20-18-32(19-21-33)31-12-6-3-7-13-31)39-28-24-36(25-29-39)41-30-40(35-14-8-4-9-15-35)44-42(45-41)37-16-10-5-11-17-37/h3-30H,1-2H3. The molecule has 1 heterocycles. The minimum Gasteiger partial charge on any atom is -0.228 e. The van der Waals surface area contributed by atoms with Crippen LogP contribution in [0.4, 0.5) is 0 Å². The predicted molar refractivity (Wildman–Crippen MR) is 188 cm³/mol. The summed E-state index contributed by atoms with van der Waals surface area (Å²) >= 11 is 0. The summed E-state index contributed by atoms with van der Waals surface area (Å²) in [7, 11) is 0. The van der Waals surface area contributed by atoms with Gasteiger partial charge in [-0.1, -0.05) is 178 Å². The van der Waals surface area contributed by atoms with Crippen LogP contribution in [-0.4, -0.2) is 9.97 Å². The first-order valence-electron chi connectivity index (χ1n) is 15.4. The molecule has 7 rings (SSSR count). The summed E-state index contributed by atoms with van der Waals surface area (Å²) in [6.07, 6.45) is 0. The van der Waals surface area contributed by atoms with E-state index in [0.717, 1.165) is 33.9 Å². The monoisotopic (exact) mass is 578 g/mol. The van der Waals surface area contributed by atoms with Crippen LogP contribution in [0.5, 0.6) is 0 Å². The summed E-state index contributed by atoms with van der Waals surface area (Å²) in [6.45, 7) is 4.58. The molecular weight excluding hydrogens is 544 g/mol. The Bertz CT molecular complexity index is 1950. The van der Waals surface area contributed by atoms with Crippen molar-refractivity contribution in [2.24, 2.45) is 0 Å². The fraction of sp³-hybridized carbons (Fsp3) is 0.0698. The normalized spacial score (nSPS) is 11.3. The van der Waals surface area contributed by atoms with E-state index in [0.29, 0.717) is 0 Å². The molecule has 0 aliphatic rings. The van der Waals surface area contributed by atoms with E-state index in [1.165, 1.54) is 33.4 Å². The molecule has 0 bridgehead atoms. The van der Waals surface area contributed by atoms with Crippen molar-refractivity contribution in [3.63, 3.8) is 0 Å². The SMILES string of the molecule is CC(C)(c1ccc(-c2ccc(-c3ccccc3)cc2)cc1)c1ccc(-c2cc(-c3ccccc3)nc(-c3ccccc3)n2)cc1. The average Bonchev–Trinajstić information content (AvgIpc) is 3.13. The maximum atomic E-state index is 5.00. The van der Waals surface area contributed by atoms with Gasteiger partial charge in [-0.05, 0) is 39.4 Å². The van der Waals surface area contributed by atoms with Crippen LogP contribution >= 0.6 is 0 Å². The van der Waals surface area contributed by atoms with Gasteiger partial charge in [0.1, 0.15) is 0 Å². The van der Waals surface area contributed by atoms with E-state index in [9.17, 15) is 0 Å². The highest BCUT2D eigenvalue weighted by Gasteiger charge is 2.23. The van der Waals surface area contributed by atoms with Crippen molar-refractivity contribution in [3.05, 3.63) is 181 Å². The number of rotatable bonds is 7. The molecule has 7 aromatic rings. The molecule has 0 aliphatic carbocycles. The molecule has 0 unspecified atom stereocenters. The number of nitrogens with zero attached hydrogens (tertiary/aromatic N) is 2. The van der Waals surface area contributed by atoms with Crippen molar-refractivity contribution >= 4 is 0 Å². The van der Waals surface area contributed by atoms with Crippen molar-refractivity contribution < 1.29 is 0 Å². The maximum absolute atomic E-state index is 5.00. The first kappa shape index (κ1) is 28.2. The Morgan fingerprint density at radius 2 is 0.644 bits per heavy atom. The van der Waals surface area contributed by atoms with Gasteiger partial charge < -0.3 is 0 Å². The number of hydrogen-bond donors (Lipinski definition) is 0. The highest BCUT2D eigenvalue weighted by atomic mass is 14.9. The molecule has 0 aliphatic heterocycles. The molecule has 0 saturated heterocycles. The van der Waals surface area contributed by atoms with E-state index < -0.39 is 0 Å². The van der Waals surface area contributed by atoms with Gasteiger partial charge in [0.25, 0.3) is 0 Å². The molecule has 2 heteroatoms. The Hall–Kier alpha value is -5.60. The first-order chi connectivity index (χ1) is 22.0. The summed E-state index contributed by atoms with van der Waals surface area (Å²) in [5.74, 6) is 0.728. The quantitative estimate of drug-likeness (QED) is 0.188. The molecule has 0 spiro atoms. The van der Waals surface area contributed by atoms with Crippen LogP contribution in [0.3, 0.4) is 0 Å². The first-order valence-corrected chi connectivity index (χ1v) is 15.4. The van der Waals surface area contributed by atoms with Gasteiger partial charge in [0.2, 0.25) is 0 Å². The Labute approximate surface area is 265 Å². The van der Waals surface area contributed by atoms with E-state index in [1.54, 1.807) is 0 Å². The van der Waals surface area contributed by atoms with Gasteiger partial charge in [0.15, 0.2) is 5.82 Å². The largest absolute Gasteiger partial charge is 0.228 e. The summed E-state index contributed by atoms with van der Waals surface area (Å²) in [4.78, 5) is 9.93. The third kappa shape index (κ3) is 5.96. The number of hydrogen-bond acceptors (Lipinski definition) is 2. The molecule has 0 saturated carbocycles. The summed E-state index contributed by atoms with van der Waals surface area (Å²) < 4.78 is 0. The smallest absolute Gasteiger partial charge is 0.160 e. The fourth-order valence-corrected chi connectivity index (χ4v) is 5.86. The van der Waals surface area contributed by atoms with Gasteiger partial charge in [0, 0.05) is 22.1 Å². The molecule has 1 aromatic heterocycles. The van der Waals surface area contributed by atoms with Crippen LogP contribution in [0, 0.1) is 0 Å². The second-order valence-electron chi connectivity index (χ2n) is 11.9. The van der Waals surface area contributed by atoms with Gasteiger partial charge in [-0.3, -0.25) is 0 Å². The Balaban J connectivity index is 1.15. The van der Waals surface area contributed by atoms with Gasteiger partial charge in [0.05, 0.1) is 11.4 Å². The molecule has 0 atom stereocenters. The van der Waals surface area contributed by atoms with E-state index in [4.69, 9.17) is 9.97 Å². The molecule has 2 nitrogen and oxygen atoms in total. The van der Waals surface area contributed by atoms with Crippen LogP contribution < -0.4 is 0 Å². The van der Waals surface area contributed by atoms with Crippen molar-refractivity contribution in [1.29, 1.82) is 0 Å². The summed E-state index contributed by atoms with van der Waals surface area (Å²) in [5, 5.41) is 0. The van der Waals surface area contributed by atoms with Crippen LogP contribution in [0.25, 0.3) is 56.2 Å². The van der Waals surface area contributed by atoms with Crippen LogP contribution in [0.1, 0.15) is 25.0 Å². The Morgan fingerprint density at radius 1 is 0.333 bits per heavy atom. The highest BCUT2D eigenvalue weighted by Crippen LogP contribution is 2.35. The van der Waals surface area contributed by atoms with Crippen molar-refractivity contribution in [3.8, 4) is 56.2 Å². The number of benzene rings is 6. The molecule has 216 valence electrons. The second-order valence-corrected chi connectivity index (χ2v) is 11.9. The van der Waals surface area contributed by atoms with Crippen molar-refractivity contribution in [2.45, 2.75) is 19.3 Å². The van der Waals surface area contributed by atoms with Crippen molar-refractivity contribution in [2.75, 3.05) is 0 Å². The average molecular weight is 579 g/mol. The molecule has 0 fully saturated rings. The van der Waals surface area contributed by atoms with Gasteiger partial charge in [-0.25, -0.2) is 9.97 Å². The molecule has 0 N–H and O–H groups in total. The van der Waals surface area contributed by atoms with Gasteiger partial charge >= 0.3 is 0 Å². The highest BCUT2D eigenvalue weighted by molar-refractivity contribution is 5.73. The topological polar surface area (TPSA) is 25.8 Å². The van der Waals surface area contributed by atoms with E-state index in [1.807, 2.05) is 36.4 Å². The van der Waals surface area contributed by atoms with E-state index >= 15 is 0 Å². The number of aromatic nitrogens is 2. The molecule has 0 radical (unpaired) electrons. The van der Waals surface area contributed by atoms with E-state index in [2.05, 4.69) is 147 Å². The Kier molecular flexibility index (Phi) is 7.63. The summed E-state index contributed by atoms with van der Waals surface area (Å²) in [6, 6.07) is 59.8. The zero-order chi connectivity index (χ0) is 30.6. The molecule has 0 amide bonds. The van der Waals surface area contributed by atoms with Crippen LogP contribution in [0.15, 0.2) is 170 Å². The summed E-state index contributed by atoms with van der Waals surface area (Å²) in [5.41, 5.74) is 12.3.